The smallest absolute Gasteiger partial charge is 0.0507 e. The van der Waals surface area contributed by atoms with Crippen LogP contribution in [0, 0.1) is 17.3 Å². The standard InChI is InChI=1S/C12H21NO/c1-13-12-6-2-5-11(12,8-14)9-3-4-10(12)7-9/h9-10,13-14H,2-8H2,1H3. The summed E-state index contributed by atoms with van der Waals surface area (Å²) in [6.07, 6.45) is 8.01. The zero-order valence-corrected chi connectivity index (χ0v) is 9.05. The molecule has 0 heterocycles. The van der Waals surface area contributed by atoms with Crippen LogP contribution in [0.5, 0.6) is 0 Å². The van der Waals surface area contributed by atoms with Crippen LogP contribution in [0.4, 0.5) is 0 Å². The summed E-state index contributed by atoms with van der Waals surface area (Å²) in [6.45, 7) is 0.412. The fourth-order valence-corrected chi connectivity index (χ4v) is 5.19. The Morgan fingerprint density at radius 3 is 2.71 bits per heavy atom. The highest BCUT2D eigenvalue weighted by Gasteiger charge is 2.67. The Hall–Kier alpha value is -0.0800. The van der Waals surface area contributed by atoms with Gasteiger partial charge in [-0.3, -0.25) is 0 Å². The van der Waals surface area contributed by atoms with Crippen LogP contribution >= 0.6 is 0 Å². The predicted octanol–water partition coefficient (Wildman–Crippen LogP) is 1.54. The monoisotopic (exact) mass is 195 g/mol. The van der Waals surface area contributed by atoms with E-state index in [1.54, 1.807) is 0 Å². The molecule has 0 aromatic rings. The fraction of sp³-hybridized carbons (Fsp3) is 1.00. The minimum absolute atomic E-state index is 0.255. The van der Waals surface area contributed by atoms with Crippen molar-refractivity contribution in [3.63, 3.8) is 0 Å². The van der Waals surface area contributed by atoms with E-state index in [9.17, 15) is 5.11 Å². The van der Waals surface area contributed by atoms with Crippen LogP contribution in [-0.4, -0.2) is 24.3 Å². The van der Waals surface area contributed by atoms with Crippen LogP contribution in [0.15, 0.2) is 0 Å². The van der Waals surface area contributed by atoms with E-state index in [-0.39, 0.29) is 5.41 Å². The van der Waals surface area contributed by atoms with Gasteiger partial charge in [-0.15, -0.1) is 0 Å². The molecule has 0 saturated heterocycles. The summed E-state index contributed by atoms with van der Waals surface area (Å²) >= 11 is 0. The van der Waals surface area contributed by atoms with Gasteiger partial charge >= 0.3 is 0 Å². The Kier molecular flexibility index (Phi) is 1.79. The average molecular weight is 195 g/mol. The summed E-state index contributed by atoms with van der Waals surface area (Å²) in [5, 5.41) is 13.4. The van der Waals surface area contributed by atoms with Gasteiger partial charge in [-0.05, 0) is 51.0 Å². The van der Waals surface area contributed by atoms with E-state index < -0.39 is 0 Å². The van der Waals surface area contributed by atoms with Crippen molar-refractivity contribution in [2.75, 3.05) is 13.7 Å². The predicted molar refractivity (Wildman–Crippen MR) is 56.0 cm³/mol. The van der Waals surface area contributed by atoms with Gasteiger partial charge in [0, 0.05) is 11.0 Å². The lowest BCUT2D eigenvalue weighted by molar-refractivity contribution is -0.00196. The molecule has 0 radical (unpaired) electrons. The fourth-order valence-electron chi connectivity index (χ4n) is 5.19. The molecule has 0 amide bonds. The number of aliphatic hydroxyl groups is 1. The van der Waals surface area contributed by atoms with Crippen molar-refractivity contribution in [1.29, 1.82) is 0 Å². The normalized spacial score (nSPS) is 55.3. The maximum absolute atomic E-state index is 9.81. The molecule has 3 fully saturated rings. The topological polar surface area (TPSA) is 32.3 Å². The van der Waals surface area contributed by atoms with Crippen molar-refractivity contribution < 1.29 is 5.11 Å². The summed E-state index contributed by atoms with van der Waals surface area (Å²) in [4.78, 5) is 0. The van der Waals surface area contributed by atoms with Gasteiger partial charge in [0.05, 0.1) is 6.61 Å². The second kappa shape index (κ2) is 2.73. The second-order valence-corrected chi connectivity index (χ2v) is 5.60. The summed E-state index contributed by atoms with van der Waals surface area (Å²) in [5.74, 6) is 1.67. The van der Waals surface area contributed by atoms with Crippen molar-refractivity contribution >= 4 is 0 Å². The van der Waals surface area contributed by atoms with Gasteiger partial charge in [-0.1, -0.05) is 6.42 Å². The van der Waals surface area contributed by atoms with Gasteiger partial charge in [0.2, 0.25) is 0 Å². The number of hydrogen-bond acceptors (Lipinski definition) is 2. The van der Waals surface area contributed by atoms with E-state index >= 15 is 0 Å². The quantitative estimate of drug-likeness (QED) is 0.700. The number of nitrogens with one attached hydrogen (secondary N) is 1. The first kappa shape index (κ1) is 9.17. The third kappa shape index (κ3) is 0.737. The maximum Gasteiger partial charge on any atom is 0.0507 e. The summed E-state index contributed by atoms with van der Waals surface area (Å²) in [6, 6.07) is 0. The van der Waals surface area contributed by atoms with Crippen LogP contribution in [-0.2, 0) is 0 Å². The minimum Gasteiger partial charge on any atom is -0.396 e. The molecule has 3 rings (SSSR count). The lowest BCUT2D eigenvalue weighted by atomic mass is 9.63. The SMILES string of the molecule is CNC12CCCC1(CO)C1CCC2C1. The Balaban J connectivity index is 2.06. The molecule has 0 aromatic carbocycles. The van der Waals surface area contributed by atoms with Crippen LogP contribution < -0.4 is 5.32 Å². The van der Waals surface area contributed by atoms with Crippen LogP contribution in [0.1, 0.15) is 38.5 Å². The molecule has 2 nitrogen and oxygen atoms in total. The van der Waals surface area contributed by atoms with Gasteiger partial charge in [0.25, 0.3) is 0 Å². The van der Waals surface area contributed by atoms with Crippen LogP contribution in [0.3, 0.4) is 0 Å². The first-order chi connectivity index (χ1) is 6.79. The van der Waals surface area contributed by atoms with Gasteiger partial charge in [-0.25, -0.2) is 0 Å². The van der Waals surface area contributed by atoms with E-state index in [0.717, 1.165) is 11.8 Å². The molecule has 3 saturated carbocycles. The number of hydrogen-bond donors (Lipinski definition) is 2. The molecule has 0 aliphatic heterocycles. The Morgan fingerprint density at radius 1 is 1.29 bits per heavy atom. The van der Waals surface area contributed by atoms with E-state index in [1.807, 2.05) is 0 Å². The summed E-state index contributed by atoms with van der Waals surface area (Å²) < 4.78 is 0. The molecule has 2 bridgehead atoms. The van der Waals surface area contributed by atoms with E-state index in [0.29, 0.717) is 12.1 Å². The van der Waals surface area contributed by atoms with E-state index in [2.05, 4.69) is 12.4 Å². The molecule has 0 aromatic heterocycles. The Bertz CT molecular complexity index is 231. The van der Waals surface area contributed by atoms with Crippen molar-refractivity contribution in [2.45, 2.75) is 44.1 Å². The Labute approximate surface area is 86.1 Å². The lowest BCUT2D eigenvalue weighted by Crippen LogP contribution is -2.59. The Morgan fingerprint density at radius 2 is 2.07 bits per heavy atom. The maximum atomic E-state index is 9.81. The number of aliphatic hydroxyl groups excluding tert-OH is 1. The lowest BCUT2D eigenvalue weighted by Gasteiger charge is -2.48. The van der Waals surface area contributed by atoms with Crippen molar-refractivity contribution in [2.24, 2.45) is 17.3 Å². The third-order valence-corrected chi connectivity index (χ3v) is 5.72. The van der Waals surface area contributed by atoms with E-state index in [1.165, 1.54) is 38.5 Å². The molecule has 2 N–H and O–H groups in total. The van der Waals surface area contributed by atoms with Crippen LogP contribution in [0.25, 0.3) is 0 Å². The molecule has 4 atom stereocenters. The molecular formula is C12H21NO. The molecule has 3 aliphatic rings. The molecule has 80 valence electrons. The molecular weight excluding hydrogens is 174 g/mol. The van der Waals surface area contributed by atoms with Gasteiger partial charge in [0.15, 0.2) is 0 Å². The highest BCUT2D eigenvalue weighted by Crippen LogP contribution is 2.67. The average Bonchev–Trinajstić information content (AvgIpc) is 2.88. The first-order valence-electron chi connectivity index (χ1n) is 6.09. The largest absolute Gasteiger partial charge is 0.396 e. The van der Waals surface area contributed by atoms with Crippen molar-refractivity contribution in [3.05, 3.63) is 0 Å². The highest BCUT2D eigenvalue weighted by molar-refractivity contribution is 5.21. The zero-order chi connectivity index (χ0) is 9.81. The molecule has 14 heavy (non-hydrogen) atoms. The zero-order valence-electron chi connectivity index (χ0n) is 9.05. The van der Waals surface area contributed by atoms with Gasteiger partial charge < -0.3 is 10.4 Å². The molecule has 0 spiro atoms. The van der Waals surface area contributed by atoms with Crippen LogP contribution in [0.2, 0.25) is 0 Å². The van der Waals surface area contributed by atoms with E-state index in [4.69, 9.17) is 0 Å². The number of fused-ring (bicyclic) bond motifs is 5. The first-order valence-corrected chi connectivity index (χ1v) is 6.09. The minimum atomic E-state index is 0.255. The second-order valence-electron chi connectivity index (χ2n) is 5.60. The molecule has 2 heteroatoms. The highest BCUT2D eigenvalue weighted by atomic mass is 16.3. The number of rotatable bonds is 2. The van der Waals surface area contributed by atoms with Gasteiger partial charge in [-0.2, -0.15) is 0 Å². The van der Waals surface area contributed by atoms with Crippen molar-refractivity contribution in [1.82, 2.24) is 5.32 Å². The van der Waals surface area contributed by atoms with Gasteiger partial charge in [0.1, 0.15) is 0 Å². The third-order valence-electron chi connectivity index (χ3n) is 5.72. The summed E-state index contributed by atoms with van der Waals surface area (Å²) in [7, 11) is 2.11. The van der Waals surface area contributed by atoms with Crippen molar-refractivity contribution in [3.8, 4) is 0 Å². The molecule has 3 aliphatic carbocycles. The molecule has 4 unspecified atom stereocenters. The summed E-state index contributed by atoms with van der Waals surface area (Å²) in [5.41, 5.74) is 0.565.